The zero-order chi connectivity index (χ0) is 79.0. The molecular weight excluding hydrogens is 1420 g/mol. The van der Waals surface area contributed by atoms with E-state index in [4.69, 9.17) is 29.2 Å². The van der Waals surface area contributed by atoms with Crippen molar-refractivity contribution >= 4 is 30.1 Å². The summed E-state index contributed by atoms with van der Waals surface area (Å²) in [5.74, 6) is 0.249. The van der Waals surface area contributed by atoms with Crippen LogP contribution in [0.5, 0.6) is 17.2 Å². The number of ether oxygens (including phenoxy) is 6. The molecule has 0 amide bonds. The minimum Gasteiger partial charge on any atom is -0.493 e. The second kappa shape index (κ2) is 38.0. The molecule has 1 aliphatic carbocycles. The van der Waals surface area contributed by atoms with E-state index < -0.39 is 54.5 Å². The molecule has 0 saturated heterocycles. The molecule has 4 aliphatic rings. The number of hydrogen-bond acceptors (Lipinski definition) is 18. The van der Waals surface area contributed by atoms with Crippen LogP contribution >= 0.6 is 0 Å². The first kappa shape index (κ1) is 81.6. The first-order valence-corrected chi connectivity index (χ1v) is 37.8. The predicted molar refractivity (Wildman–Crippen MR) is 419 cm³/mol. The molecule has 18 nitrogen and oxygen atoms in total. The summed E-state index contributed by atoms with van der Waals surface area (Å²) in [7, 11) is 3.78. The van der Waals surface area contributed by atoms with Gasteiger partial charge in [0.15, 0.2) is 0 Å². The predicted octanol–water partition coefficient (Wildman–Crippen LogP) is 15.6. The van der Waals surface area contributed by atoms with Gasteiger partial charge < -0.3 is 59.1 Å². The van der Waals surface area contributed by atoms with Crippen LogP contribution in [-0.2, 0) is 54.3 Å². The Morgan fingerprint density at radius 1 is 0.450 bits per heavy atom. The van der Waals surface area contributed by atoms with Crippen molar-refractivity contribution in [3.63, 3.8) is 0 Å². The lowest BCUT2D eigenvalue weighted by molar-refractivity contribution is -0.144. The number of hydrogen-bond donors (Lipinski definition) is 6. The SMILES string of the molecule is COC(=O)CC(O)CC(O)/C=C/c1c(C2CC2)nc2c(c1-c1ccc(F)cc1)CCOc1ccccc1-2.COC(=O)C[C@H](O)C[C@H](O)/C=C/c1c(C(C)C)nc2c(c1-c1ccc(F)cc1)CCOc1ccccc1-2.COC(=O)C[C@H](O)C[C@H](O)CCc1c(C(C)C)nc2c(c1-c1ccc(F)cc1)CCOc1ccccc1-2. The highest BCUT2D eigenvalue weighted by Gasteiger charge is 2.34. The Hall–Kier alpha value is -10.4. The lowest BCUT2D eigenvalue weighted by atomic mass is 9.84. The molecule has 6 heterocycles. The molecule has 6 atom stereocenters. The molecule has 9 aromatic rings. The van der Waals surface area contributed by atoms with Crippen LogP contribution < -0.4 is 14.2 Å². The Kier molecular flexibility index (Phi) is 27.9. The summed E-state index contributed by atoms with van der Waals surface area (Å²) in [6, 6.07) is 42.9. The smallest absolute Gasteiger partial charge is 0.308 e. The van der Waals surface area contributed by atoms with Gasteiger partial charge in [-0.3, -0.25) is 29.3 Å². The van der Waals surface area contributed by atoms with Crippen molar-refractivity contribution in [1.82, 2.24) is 15.0 Å². The van der Waals surface area contributed by atoms with Crippen molar-refractivity contribution < 1.29 is 86.6 Å². The van der Waals surface area contributed by atoms with Crippen LogP contribution in [-0.4, -0.2) is 141 Å². The molecule has 3 aromatic heterocycles. The number of halogens is 3. The third-order valence-corrected chi connectivity index (χ3v) is 20.0. The Balaban J connectivity index is 0.000000165. The van der Waals surface area contributed by atoms with Gasteiger partial charge in [-0.05, 0) is 172 Å². The molecular formula is C90H96F3N3O15. The Morgan fingerprint density at radius 3 is 1.20 bits per heavy atom. The molecule has 2 unspecified atom stereocenters. The summed E-state index contributed by atoms with van der Waals surface area (Å²) >= 11 is 0. The van der Waals surface area contributed by atoms with E-state index in [1.54, 1.807) is 48.6 Å². The molecule has 6 aromatic carbocycles. The topological polar surface area (TPSA) is 267 Å². The molecule has 111 heavy (non-hydrogen) atoms. The van der Waals surface area contributed by atoms with E-state index in [1.807, 2.05) is 84.9 Å². The van der Waals surface area contributed by atoms with Gasteiger partial charge in [0.1, 0.15) is 34.7 Å². The summed E-state index contributed by atoms with van der Waals surface area (Å²) in [6.45, 7) is 9.71. The van der Waals surface area contributed by atoms with Gasteiger partial charge in [0.05, 0.1) is 126 Å². The highest BCUT2D eigenvalue weighted by atomic mass is 19.1. The van der Waals surface area contributed by atoms with E-state index >= 15 is 0 Å². The van der Waals surface area contributed by atoms with Crippen molar-refractivity contribution in [2.75, 3.05) is 41.2 Å². The molecule has 0 bridgehead atoms. The summed E-state index contributed by atoms with van der Waals surface area (Å²) < 4.78 is 73.6. The number of fused-ring (bicyclic) bond motifs is 9. The fraction of sp³-hybridized carbons (Fsp3) is 0.356. The zero-order valence-corrected chi connectivity index (χ0v) is 63.5. The minimum absolute atomic E-state index is 0.00414. The number of benzene rings is 6. The number of pyridine rings is 3. The molecule has 6 N–H and O–H groups in total. The Labute approximate surface area is 645 Å². The van der Waals surface area contributed by atoms with Crippen molar-refractivity contribution in [1.29, 1.82) is 0 Å². The third kappa shape index (κ3) is 20.6. The molecule has 0 radical (unpaired) electrons. The standard InChI is InChI=1S/C30H30FNO5.C30H34FNO5.C30H32FNO5/c1-36-27(35)17-22(34)16-21(33)12-13-24-28(18-8-10-20(31)11-9-18)25-14-15-37-26-5-3-2-4-23(26)30(25)32-29(24)19-6-7-19;2*1-18(2)29-24(13-12-21(33)16-22(34)17-27(35)36-3)28(19-8-10-20(31)11-9-19)25-14-15-37-26-7-5-4-6-23(26)30(25)32-29/h2-5,8-13,19,21-22,33-34H,6-7,14-17H2,1H3;4-11,18,21-22,33-34H,12-17H2,1-3H3;4-13,18,21-22,33-34H,14-17H2,1-3H3/b13-12+;;13-12+/t;2*21-,22-/m.11/s1. The van der Waals surface area contributed by atoms with E-state index in [-0.39, 0.29) is 67.8 Å². The van der Waals surface area contributed by atoms with Gasteiger partial charge in [-0.2, -0.15) is 0 Å². The minimum atomic E-state index is -1.04. The van der Waals surface area contributed by atoms with Crippen LogP contribution in [0, 0.1) is 17.5 Å². The molecule has 582 valence electrons. The van der Waals surface area contributed by atoms with Gasteiger partial charge in [-0.25, -0.2) is 13.2 Å². The fourth-order valence-electron chi connectivity index (χ4n) is 14.5. The second-order valence-electron chi connectivity index (χ2n) is 28.8. The molecule has 1 saturated carbocycles. The maximum Gasteiger partial charge on any atom is 0.308 e. The first-order chi connectivity index (χ1) is 53.5. The Bertz CT molecular complexity index is 4600. The number of carbonyl (C=O) groups excluding carboxylic acids is 3. The number of aromatic nitrogens is 3. The number of nitrogens with zero attached hydrogens (tertiary/aromatic N) is 3. The number of aliphatic hydroxyl groups is 6. The number of carbonyl (C=O) groups is 3. The summed E-state index contributed by atoms with van der Waals surface area (Å²) in [6.07, 6.45) is 5.35. The van der Waals surface area contributed by atoms with Gasteiger partial charge in [0, 0.05) is 71.5 Å². The first-order valence-electron chi connectivity index (χ1n) is 37.8. The van der Waals surface area contributed by atoms with Gasteiger partial charge in [-0.15, -0.1) is 0 Å². The van der Waals surface area contributed by atoms with E-state index in [2.05, 4.69) is 41.9 Å². The van der Waals surface area contributed by atoms with Crippen LogP contribution in [0.1, 0.15) is 154 Å². The molecule has 0 spiro atoms. The number of methoxy groups -OCH3 is 3. The molecule has 1 fully saturated rings. The van der Waals surface area contributed by atoms with Crippen LogP contribution in [0.25, 0.3) is 79.3 Å². The highest BCUT2D eigenvalue weighted by Crippen LogP contribution is 2.50. The number of esters is 3. The number of para-hydroxylation sites is 3. The van der Waals surface area contributed by atoms with Gasteiger partial charge in [0.25, 0.3) is 0 Å². The van der Waals surface area contributed by atoms with Crippen molar-refractivity contribution in [3.8, 4) is 84.4 Å². The third-order valence-electron chi connectivity index (χ3n) is 20.0. The van der Waals surface area contributed by atoms with Crippen LogP contribution in [0.15, 0.2) is 158 Å². The lowest BCUT2D eigenvalue weighted by Gasteiger charge is -2.24. The average molecular weight is 1520 g/mol. The molecule has 3 aliphatic heterocycles. The highest BCUT2D eigenvalue weighted by molar-refractivity contribution is 5.89. The van der Waals surface area contributed by atoms with E-state index in [0.29, 0.717) is 57.8 Å². The van der Waals surface area contributed by atoms with Crippen molar-refractivity contribution in [3.05, 3.63) is 226 Å². The van der Waals surface area contributed by atoms with Gasteiger partial charge >= 0.3 is 17.9 Å². The molecule has 21 heteroatoms. The van der Waals surface area contributed by atoms with Crippen molar-refractivity contribution in [2.24, 2.45) is 0 Å². The number of rotatable bonds is 25. The zero-order valence-electron chi connectivity index (χ0n) is 63.5. The van der Waals surface area contributed by atoms with Gasteiger partial charge in [-0.1, -0.05) is 125 Å². The Morgan fingerprint density at radius 2 is 0.802 bits per heavy atom. The van der Waals surface area contributed by atoms with E-state index in [1.165, 1.54) is 57.7 Å². The maximum atomic E-state index is 13.9. The lowest BCUT2D eigenvalue weighted by Crippen LogP contribution is -2.22. The van der Waals surface area contributed by atoms with Crippen LogP contribution in [0.3, 0.4) is 0 Å². The van der Waals surface area contributed by atoms with Crippen molar-refractivity contribution in [2.45, 2.75) is 166 Å². The largest absolute Gasteiger partial charge is 0.493 e. The van der Waals surface area contributed by atoms with Crippen LogP contribution in [0.2, 0.25) is 0 Å². The quantitative estimate of drug-likeness (QED) is 0.0229. The normalized spacial score (nSPS) is 15.0. The maximum absolute atomic E-state index is 13.9. The summed E-state index contributed by atoms with van der Waals surface area (Å²) in [5, 5.41) is 62.4. The van der Waals surface area contributed by atoms with Crippen LogP contribution in [0.4, 0.5) is 13.2 Å². The van der Waals surface area contributed by atoms with E-state index in [0.717, 1.165) is 148 Å². The second-order valence-corrected chi connectivity index (χ2v) is 28.8. The average Bonchev–Trinajstić information content (AvgIpc) is 1.75. The monoisotopic (exact) mass is 1520 g/mol. The fourth-order valence-corrected chi connectivity index (χ4v) is 14.5. The summed E-state index contributed by atoms with van der Waals surface area (Å²) in [5.41, 5.74) is 19.2. The number of aliphatic hydroxyl groups excluding tert-OH is 6. The summed E-state index contributed by atoms with van der Waals surface area (Å²) in [4.78, 5) is 49.8. The van der Waals surface area contributed by atoms with Gasteiger partial charge in [0.2, 0.25) is 0 Å². The van der Waals surface area contributed by atoms with E-state index in [9.17, 15) is 58.2 Å². The molecule has 13 rings (SSSR count).